The molecule has 90 valence electrons. The molecule has 1 fully saturated rings. The summed E-state index contributed by atoms with van der Waals surface area (Å²) < 4.78 is 5.25. The quantitative estimate of drug-likeness (QED) is 0.836. The molecule has 0 aromatic carbocycles. The van der Waals surface area contributed by atoms with Gasteiger partial charge in [-0.2, -0.15) is 0 Å². The lowest BCUT2D eigenvalue weighted by molar-refractivity contribution is -0.0625. The lowest BCUT2D eigenvalue weighted by Crippen LogP contribution is -2.45. The minimum Gasteiger partial charge on any atom is -0.388 e. The normalized spacial score (nSPS) is 21.9. The highest BCUT2D eigenvalue weighted by Crippen LogP contribution is 2.22. The van der Waals surface area contributed by atoms with E-state index >= 15 is 0 Å². The molecule has 0 bridgehead atoms. The van der Waals surface area contributed by atoms with Crippen LogP contribution < -0.4 is 5.32 Å². The van der Waals surface area contributed by atoms with Crippen molar-refractivity contribution in [1.82, 2.24) is 10.3 Å². The molecule has 1 aliphatic rings. The van der Waals surface area contributed by atoms with Gasteiger partial charge in [0.15, 0.2) is 0 Å². The van der Waals surface area contributed by atoms with Crippen LogP contribution in [0, 0.1) is 0 Å². The first kappa shape index (κ1) is 12.0. The van der Waals surface area contributed by atoms with Gasteiger partial charge in [-0.05, 0) is 6.92 Å². The Kier molecular flexibility index (Phi) is 3.91. The number of nitrogens with zero attached hydrogens (tertiary/aromatic N) is 1. The van der Waals surface area contributed by atoms with Crippen molar-refractivity contribution in [1.29, 1.82) is 0 Å². The summed E-state index contributed by atoms with van der Waals surface area (Å²) in [5.74, 6) is 0. The molecule has 0 aliphatic carbocycles. The maximum absolute atomic E-state index is 10.3. The fraction of sp³-hybridized carbons (Fsp3) is 0.727. The molecule has 2 N–H and O–H groups in total. The molecule has 0 saturated carbocycles. The Hall–Kier alpha value is -0.490. The van der Waals surface area contributed by atoms with Crippen molar-refractivity contribution in [3.8, 4) is 0 Å². The van der Waals surface area contributed by atoms with Gasteiger partial charge in [-0.15, -0.1) is 11.3 Å². The van der Waals surface area contributed by atoms with Crippen LogP contribution in [0.15, 0.2) is 11.7 Å². The van der Waals surface area contributed by atoms with Crippen molar-refractivity contribution in [2.45, 2.75) is 31.4 Å². The van der Waals surface area contributed by atoms with E-state index in [4.69, 9.17) is 4.74 Å². The van der Waals surface area contributed by atoms with Crippen LogP contribution in [0.4, 0.5) is 0 Å². The summed E-state index contributed by atoms with van der Waals surface area (Å²) in [5, 5.41) is 13.6. The van der Waals surface area contributed by atoms with Crippen molar-refractivity contribution >= 4 is 11.3 Å². The highest BCUT2D eigenvalue weighted by atomic mass is 32.1. The van der Waals surface area contributed by atoms with Gasteiger partial charge in [0.2, 0.25) is 0 Å². The third-order valence-electron chi connectivity index (χ3n) is 3.04. The van der Waals surface area contributed by atoms with Crippen LogP contribution >= 0.6 is 11.3 Å². The number of thiazole rings is 1. The second-order valence-electron chi connectivity index (χ2n) is 4.34. The summed E-state index contributed by atoms with van der Waals surface area (Å²) in [6, 6.07) is 0.249. The molecule has 1 aliphatic heterocycles. The predicted octanol–water partition coefficient (Wildman–Crippen LogP) is 1.34. The predicted molar refractivity (Wildman–Crippen MR) is 63.5 cm³/mol. The maximum Gasteiger partial charge on any atom is 0.0815 e. The fourth-order valence-corrected chi connectivity index (χ4v) is 2.46. The molecular weight excluding hydrogens is 224 g/mol. The Labute approximate surface area is 99.7 Å². The van der Waals surface area contributed by atoms with Gasteiger partial charge in [-0.1, -0.05) is 0 Å². The van der Waals surface area contributed by atoms with Crippen molar-refractivity contribution in [2.75, 3.05) is 19.8 Å². The summed E-state index contributed by atoms with van der Waals surface area (Å²) >= 11 is 1.64. The van der Waals surface area contributed by atoms with Gasteiger partial charge in [0.25, 0.3) is 0 Å². The third kappa shape index (κ3) is 3.01. The van der Waals surface area contributed by atoms with Gasteiger partial charge < -0.3 is 15.2 Å². The van der Waals surface area contributed by atoms with E-state index in [1.165, 1.54) is 4.88 Å². The lowest BCUT2D eigenvalue weighted by atomic mass is 9.94. The van der Waals surface area contributed by atoms with E-state index in [1.54, 1.807) is 11.3 Å². The first-order chi connectivity index (χ1) is 7.70. The van der Waals surface area contributed by atoms with Crippen molar-refractivity contribution in [2.24, 2.45) is 0 Å². The number of nitrogens with one attached hydrogen (secondary N) is 1. The third-order valence-corrected chi connectivity index (χ3v) is 4.00. The zero-order valence-corrected chi connectivity index (χ0v) is 10.3. The second-order valence-corrected chi connectivity index (χ2v) is 5.26. The van der Waals surface area contributed by atoms with E-state index in [0.717, 1.165) is 12.8 Å². The molecule has 4 nitrogen and oxygen atoms in total. The zero-order valence-electron chi connectivity index (χ0n) is 9.48. The average Bonchev–Trinajstić information content (AvgIpc) is 2.80. The first-order valence-electron chi connectivity index (χ1n) is 5.61. The Morgan fingerprint density at radius 3 is 3.00 bits per heavy atom. The van der Waals surface area contributed by atoms with Crippen LogP contribution in [0.5, 0.6) is 0 Å². The fourth-order valence-electron chi connectivity index (χ4n) is 1.81. The van der Waals surface area contributed by atoms with Crippen LogP contribution in [0.1, 0.15) is 30.7 Å². The summed E-state index contributed by atoms with van der Waals surface area (Å²) in [7, 11) is 0. The molecule has 16 heavy (non-hydrogen) atoms. The number of rotatable bonds is 4. The minimum absolute atomic E-state index is 0.249. The minimum atomic E-state index is -0.600. The molecule has 0 amide bonds. The highest BCUT2D eigenvalue weighted by molar-refractivity contribution is 7.09. The number of hydrogen-bond acceptors (Lipinski definition) is 5. The standard InChI is InChI=1S/C11H18N2O2S/c1-9(10-6-12-8-16-10)13-7-11(14)2-4-15-5-3-11/h6,8-9,13-14H,2-5,7H2,1H3. The Morgan fingerprint density at radius 2 is 2.38 bits per heavy atom. The van der Waals surface area contributed by atoms with Gasteiger partial charge in [0.05, 0.1) is 11.1 Å². The number of hydrogen-bond donors (Lipinski definition) is 2. The number of ether oxygens (including phenoxy) is 1. The van der Waals surface area contributed by atoms with Crippen molar-refractivity contribution in [3.05, 3.63) is 16.6 Å². The van der Waals surface area contributed by atoms with Gasteiger partial charge in [-0.3, -0.25) is 4.98 Å². The average molecular weight is 242 g/mol. The highest BCUT2D eigenvalue weighted by Gasteiger charge is 2.29. The molecule has 0 radical (unpaired) electrons. The van der Waals surface area contributed by atoms with Gasteiger partial charge in [0, 0.05) is 49.7 Å². The summed E-state index contributed by atoms with van der Waals surface area (Å²) in [6.45, 7) is 4.03. The topological polar surface area (TPSA) is 54.4 Å². The zero-order chi connectivity index (χ0) is 11.4. The SMILES string of the molecule is CC(NCC1(O)CCOCC1)c1cncs1. The number of aromatic nitrogens is 1. The van der Waals surface area contributed by atoms with Crippen molar-refractivity contribution in [3.63, 3.8) is 0 Å². The Balaban J connectivity index is 1.82. The molecule has 0 spiro atoms. The van der Waals surface area contributed by atoms with Crippen LogP contribution in [0.25, 0.3) is 0 Å². The van der Waals surface area contributed by atoms with Gasteiger partial charge in [-0.25, -0.2) is 0 Å². The Morgan fingerprint density at radius 1 is 1.62 bits per heavy atom. The molecule has 5 heteroatoms. The van der Waals surface area contributed by atoms with E-state index in [9.17, 15) is 5.11 Å². The van der Waals surface area contributed by atoms with Crippen LogP contribution in [-0.4, -0.2) is 35.5 Å². The summed E-state index contributed by atoms with van der Waals surface area (Å²) in [6.07, 6.45) is 3.31. The first-order valence-corrected chi connectivity index (χ1v) is 6.49. The lowest BCUT2D eigenvalue weighted by Gasteiger charge is -2.33. The maximum atomic E-state index is 10.3. The van der Waals surface area contributed by atoms with Crippen LogP contribution in [0.2, 0.25) is 0 Å². The van der Waals surface area contributed by atoms with Crippen LogP contribution in [0.3, 0.4) is 0 Å². The molecular formula is C11H18N2O2S. The molecule has 2 rings (SSSR count). The van der Waals surface area contributed by atoms with E-state index in [2.05, 4.69) is 17.2 Å². The van der Waals surface area contributed by atoms with Gasteiger partial charge >= 0.3 is 0 Å². The van der Waals surface area contributed by atoms with Gasteiger partial charge in [0.1, 0.15) is 0 Å². The summed E-state index contributed by atoms with van der Waals surface area (Å²) in [5.41, 5.74) is 1.23. The molecule has 1 atom stereocenters. The smallest absolute Gasteiger partial charge is 0.0815 e. The molecule has 1 unspecified atom stereocenters. The molecule has 2 heterocycles. The Bertz CT molecular complexity index is 310. The molecule has 1 saturated heterocycles. The number of aliphatic hydroxyl groups is 1. The second kappa shape index (κ2) is 5.23. The van der Waals surface area contributed by atoms with E-state index in [1.807, 2.05) is 11.7 Å². The summed E-state index contributed by atoms with van der Waals surface area (Å²) in [4.78, 5) is 5.26. The monoisotopic (exact) mass is 242 g/mol. The molecule has 1 aromatic rings. The van der Waals surface area contributed by atoms with Crippen LogP contribution in [-0.2, 0) is 4.74 Å². The van der Waals surface area contributed by atoms with Crippen molar-refractivity contribution < 1.29 is 9.84 Å². The largest absolute Gasteiger partial charge is 0.388 e. The van der Waals surface area contributed by atoms with E-state index in [0.29, 0.717) is 19.8 Å². The van der Waals surface area contributed by atoms with E-state index < -0.39 is 5.60 Å². The van der Waals surface area contributed by atoms with E-state index in [-0.39, 0.29) is 6.04 Å². The molecule has 1 aromatic heterocycles.